The largest absolute Gasteiger partial charge is 0.389 e. The van der Waals surface area contributed by atoms with Crippen LogP contribution in [0.1, 0.15) is 5.56 Å². The van der Waals surface area contributed by atoms with Crippen molar-refractivity contribution >= 4 is 16.5 Å². The lowest BCUT2D eigenvalue weighted by Crippen LogP contribution is -2.24. The molecule has 19 heavy (non-hydrogen) atoms. The highest BCUT2D eigenvalue weighted by Crippen LogP contribution is 2.26. The van der Waals surface area contributed by atoms with Gasteiger partial charge in [0, 0.05) is 30.1 Å². The number of hydrogen-bond acceptors (Lipinski definition) is 4. The van der Waals surface area contributed by atoms with Gasteiger partial charge in [-0.3, -0.25) is 0 Å². The van der Waals surface area contributed by atoms with Gasteiger partial charge in [0.05, 0.1) is 24.3 Å². The number of aliphatic hydroxyl groups is 1. The summed E-state index contributed by atoms with van der Waals surface area (Å²) in [6.45, 7) is 0.699. The summed E-state index contributed by atoms with van der Waals surface area (Å²) in [5.41, 5.74) is 1.56. The van der Waals surface area contributed by atoms with Gasteiger partial charge in [0.25, 0.3) is 0 Å². The maximum absolute atomic E-state index is 9.64. The molecule has 2 N–H and O–H groups in total. The van der Waals surface area contributed by atoms with Crippen LogP contribution in [0, 0.1) is 11.3 Å². The van der Waals surface area contributed by atoms with E-state index in [1.807, 2.05) is 30.3 Å². The molecule has 0 radical (unpaired) electrons. The van der Waals surface area contributed by atoms with Crippen LogP contribution in [-0.2, 0) is 4.74 Å². The zero-order valence-corrected chi connectivity index (χ0v) is 10.8. The molecule has 0 spiro atoms. The first kappa shape index (κ1) is 13.3. The molecule has 2 rings (SSSR count). The third kappa shape index (κ3) is 3.02. The summed E-state index contributed by atoms with van der Waals surface area (Å²) in [4.78, 5) is 0. The molecule has 0 saturated carbocycles. The molecular formula is C15H16N2O2. The van der Waals surface area contributed by atoms with Crippen molar-refractivity contribution in [2.45, 2.75) is 6.10 Å². The Balaban J connectivity index is 2.27. The average Bonchev–Trinajstić information content (AvgIpc) is 2.45. The predicted octanol–water partition coefficient (Wildman–Crippen LogP) is 2.13. The zero-order chi connectivity index (χ0) is 13.7. The molecule has 0 aromatic heterocycles. The number of benzene rings is 2. The number of methoxy groups -OCH3 is 1. The Bertz CT molecular complexity index is 605. The smallest absolute Gasteiger partial charge is 0.0998 e. The first-order valence-electron chi connectivity index (χ1n) is 6.09. The van der Waals surface area contributed by atoms with Crippen molar-refractivity contribution in [2.24, 2.45) is 0 Å². The molecule has 2 aromatic carbocycles. The summed E-state index contributed by atoms with van der Waals surface area (Å²) in [6.07, 6.45) is -0.556. The Kier molecular flexibility index (Phi) is 4.35. The van der Waals surface area contributed by atoms with Crippen molar-refractivity contribution in [1.29, 1.82) is 5.26 Å². The number of nitriles is 1. The van der Waals surface area contributed by atoms with E-state index in [1.54, 1.807) is 13.2 Å². The number of rotatable bonds is 5. The molecule has 0 aliphatic carbocycles. The molecular weight excluding hydrogens is 240 g/mol. The predicted molar refractivity (Wildman–Crippen MR) is 75.0 cm³/mol. The maximum atomic E-state index is 9.64. The molecule has 1 atom stereocenters. The van der Waals surface area contributed by atoms with Crippen LogP contribution in [0.25, 0.3) is 10.8 Å². The monoisotopic (exact) mass is 256 g/mol. The Morgan fingerprint density at radius 2 is 2.00 bits per heavy atom. The van der Waals surface area contributed by atoms with Gasteiger partial charge in [-0.25, -0.2) is 0 Å². The Labute approximate surface area is 112 Å². The second-order valence-corrected chi connectivity index (χ2v) is 4.31. The number of ether oxygens (including phenoxy) is 1. The molecule has 0 fully saturated rings. The minimum Gasteiger partial charge on any atom is -0.389 e. The normalized spacial score (nSPS) is 12.1. The van der Waals surface area contributed by atoms with Gasteiger partial charge in [-0.1, -0.05) is 24.3 Å². The highest BCUT2D eigenvalue weighted by molar-refractivity contribution is 5.97. The molecule has 0 saturated heterocycles. The minimum atomic E-state index is -0.556. The molecule has 0 bridgehead atoms. The van der Waals surface area contributed by atoms with E-state index < -0.39 is 6.10 Å². The van der Waals surface area contributed by atoms with Crippen LogP contribution in [0.15, 0.2) is 36.4 Å². The standard InChI is InChI=1S/C15H16N2O2/c1-19-10-12(18)9-17-15-7-6-11(8-16)13-4-2-3-5-14(13)15/h2-7,12,17-18H,9-10H2,1H3. The van der Waals surface area contributed by atoms with Gasteiger partial charge in [0.15, 0.2) is 0 Å². The molecule has 0 amide bonds. The van der Waals surface area contributed by atoms with E-state index in [1.165, 1.54) is 0 Å². The van der Waals surface area contributed by atoms with E-state index in [2.05, 4.69) is 11.4 Å². The first-order valence-corrected chi connectivity index (χ1v) is 6.09. The van der Waals surface area contributed by atoms with Gasteiger partial charge in [-0.15, -0.1) is 0 Å². The van der Waals surface area contributed by atoms with Gasteiger partial charge >= 0.3 is 0 Å². The fraction of sp³-hybridized carbons (Fsp3) is 0.267. The van der Waals surface area contributed by atoms with Crippen molar-refractivity contribution in [1.82, 2.24) is 0 Å². The maximum Gasteiger partial charge on any atom is 0.0998 e. The lowest BCUT2D eigenvalue weighted by Gasteiger charge is -2.14. The molecule has 1 unspecified atom stereocenters. The summed E-state index contributed by atoms with van der Waals surface area (Å²) < 4.78 is 4.88. The summed E-state index contributed by atoms with van der Waals surface area (Å²) in [6, 6.07) is 13.6. The number of aliphatic hydroxyl groups excluding tert-OH is 1. The summed E-state index contributed by atoms with van der Waals surface area (Å²) >= 11 is 0. The Morgan fingerprint density at radius 1 is 1.26 bits per heavy atom. The fourth-order valence-corrected chi connectivity index (χ4v) is 2.03. The number of nitrogens with zero attached hydrogens (tertiary/aromatic N) is 1. The van der Waals surface area contributed by atoms with Gasteiger partial charge in [-0.2, -0.15) is 5.26 Å². The van der Waals surface area contributed by atoms with Gasteiger partial charge in [0.1, 0.15) is 0 Å². The van der Waals surface area contributed by atoms with Crippen LogP contribution in [0.3, 0.4) is 0 Å². The Hall–Kier alpha value is -2.09. The Morgan fingerprint density at radius 3 is 2.68 bits per heavy atom. The van der Waals surface area contributed by atoms with Crippen LogP contribution >= 0.6 is 0 Å². The van der Waals surface area contributed by atoms with Crippen molar-refractivity contribution in [3.05, 3.63) is 42.0 Å². The zero-order valence-electron chi connectivity index (χ0n) is 10.8. The van der Waals surface area contributed by atoms with E-state index in [-0.39, 0.29) is 0 Å². The van der Waals surface area contributed by atoms with Gasteiger partial charge < -0.3 is 15.2 Å². The van der Waals surface area contributed by atoms with Crippen LogP contribution in [0.5, 0.6) is 0 Å². The molecule has 0 aliphatic heterocycles. The lowest BCUT2D eigenvalue weighted by molar-refractivity contribution is 0.0728. The van der Waals surface area contributed by atoms with E-state index in [0.29, 0.717) is 18.7 Å². The van der Waals surface area contributed by atoms with Crippen LogP contribution in [0.2, 0.25) is 0 Å². The molecule has 2 aromatic rings. The fourth-order valence-electron chi connectivity index (χ4n) is 2.03. The first-order chi connectivity index (χ1) is 9.26. The number of anilines is 1. The molecule has 4 heteroatoms. The molecule has 98 valence electrons. The van der Waals surface area contributed by atoms with E-state index >= 15 is 0 Å². The number of nitrogens with one attached hydrogen (secondary N) is 1. The number of fused-ring (bicyclic) bond motifs is 1. The highest BCUT2D eigenvalue weighted by atomic mass is 16.5. The second-order valence-electron chi connectivity index (χ2n) is 4.31. The number of hydrogen-bond donors (Lipinski definition) is 2. The lowest BCUT2D eigenvalue weighted by atomic mass is 10.0. The van der Waals surface area contributed by atoms with Crippen molar-refractivity contribution in [3.8, 4) is 6.07 Å². The van der Waals surface area contributed by atoms with E-state index in [9.17, 15) is 5.11 Å². The quantitative estimate of drug-likeness (QED) is 0.860. The van der Waals surface area contributed by atoms with Crippen LogP contribution < -0.4 is 5.32 Å². The van der Waals surface area contributed by atoms with Crippen molar-refractivity contribution < 1.29 is 9.84 Å². The van der Waals surface area contributed by atoms with Crippen molar-refractivity contribution in [3.63, 3.8) is 0 Å². The SMILES string of the molecule is COCC(O)CNc1ccc(C#N)c2ccccc12. The molecule has 4 nitrogen and oxygen atoms in total. The topological polar surface area (TPSA) is 65.3 Å². The third-order valence-corrected chi connectivity index (χ3v) is 2.93. The summed E-state index contributed by atoms with van der Waals surface area (Å²) in [7, 11) is 1.56. The summed E-state index contributed by atoms with van der Waals surface area (Å²) in [5, 5.41) is 23.8. The third-order valence-electron chi connectivity index (χ3n) is 2.93. The summed E-state index contributed by atoms with van der Waals surface area (Å²) in [5.74, 6) is 0. The van der Waals surface area contributed by atoms with Gasteiger partial charge in [0.2, 0.25) is 0 Å². The molecule has 0 aliphatic rings. The van der Waals surface area contributed by atoms with Crippen LogP contribution in [-0.4, -0.2) is 31.5 Å². The van der Waals surface area contributed by atoms with E-state index in [0.717, 1.165) is 16.5 Å². The van der Waals surface area contributed by atoms with Crippen LogP contribution in [0.4, 0.5) is 5.69 Å². The average molecular weight is 256 g/mol. The van der Waals surface area contributed by atoms with E-state index in [4.69, 9.17) is 10.00 Å². The van der Waals surface area contributed by atoms with Gasteiger partial charge in [-0.05, 0) is 12.1 Å². The minimum absolute atomic E-state index is 0.293. The second kappa shape index (κ2) is 6.19. The van der Waals surface area contributed by atoms with Crippen molar-refractivity contribution in [2.75, 3.05) is 25.6 Å². The molecule has 0 heterocycles. The highest BCUT2D eigenvalue weighted by Gasteiger charge is 2.07.